The molecule has 128 valence electrons. The Kier molecular flexibility index (Phi) is 5.12. The first-order chi connectivity index (χ1) is 10.7. The molecule has 0 atom stereocenters. The number of rotatable bonds is 8. The predicted octanol–water partition coefficient (Wildman–Crippen LogP) is 2.65. The van der Waals surface area contributed by atoms with Gasteiger partial charge in [0.15, 0.2) is 0 Å². The highest BCUT2D eigenvalue weighted by Crippen LogP contribution is 2.41. The van der Waals surface area contributed by atoms with Gasteiger partial charge < -0.3 is 10.4 Å². The van der Waals surface area contributed by atoms with Gasteiger partial charge in [0, 0.05) is 19.0 Å². The monoisotopic (exact) mass is 321 g/mol. The summed E-state index contributed by atoms with van der Waals surface area (Å²) in [5.41, 5.74) is 0.837. The van der Waals surface area contributed by atoms with Crippen LogP contribution in [0.15, 0.2) is 6.20 Å². The van der Waals surface area contributed by atoms with Gasteiger partial charge in [0.25, 0.3) is 5.91 Å². The van der Waals surface area contributed by atoms with Gasteiger partial charge in [-0.25, -0.2) is 0 Å². The number of hydrogen-bond donors (Lipinski definition) is 2. The Labute approximate surface area is 137 Å². The van der Waals surface area contributed by atoms with Crippen molar-refractivity contribution < 1.29 is 14.7 Å². The molecule has 1 aliphatic carbocycles. The molecule has 0 radical (unpaired) electrons. The number of carbonyl (C=O) groups is 2. The molecular weight excluding hydrogens is 294 g/mol. The minimum Gasteiger partial charge on any atom is -0.481 e. The molecule has 23 heavy (non-hydrogen) atoms. The van der Waals surface area contributed by atoms with Crippen LogP contribution in [0, 0.1) is 11.3 Å². The summed E-state index contributed by atoms with van der Waals surface area (Å²) < 4.78 is 1.96. The molecule has 1 saturated carbocycles. The quantitative estimate of drug-likeness (QED) is 0.771. The van der Waals surface area contributed by atoms with Crippen LogP contribution in [-0.2, 0) is 11.3 Å². The Balaban J connectivity index is 2.02. The van der Waals surface area contributed by atoms with Gasteiger partial charge in [-0.2, -0.15) is 5.10 Å². The molecule has 0 saturated heterocycles. The minimum atomic E-state index is -0.852. The Morgan fingerprint density at radius 1 is 1.43 bits per heavy atom. The van der Waals surface area contributed by atoms with E-state index in [-0.39, 0.29) is 5.91 Å². The van der Waals surface area contributed by atoms with E-state index < -0.39 is 11.4 Å². The fraction of sp³-hybridized carbons (Fsp3) is 0.706. The molecule has 0 aliphatic heterocycles. The van der Waals surface area contributed by atoms with E-state index in [4.69, 9.17) is 5.11 Å². The van der Waals surface area contributed by atoms with Crippen LogP contribution in [0.3, 0.4) is 0 Å². The van der Waals surface area contributed by atoms with Crippen LogP contribution in [0.2, 0.25) is 0 Å². The number of aromatic nitrogens is 2. The highest BCUT2D eigenvalue weighted by atomic mass is 16.4. The number of carbonyl (C=O) groups excluding carboxylic acids is 1. The molecule has 1 heterocycles. The summed E-state index contributed by atoms with van der Waals surface area (Å²) in [6.07, 6.45) is 4.26. The lowest BCUT2D eigenvalue weighted by molar-refractivity contribution is -0.147. The van der Waals surface area contributed by atoms with Gasteiger partial charge in [-0.3, -0.25) is 14.3 Å². The number of nitrogens with one attached hydrogen (secondary N) is 1. The van der Waals surface area contributed by atoms with E-state index in [1.54, 1.807) is 20.0 Å². The van der Waals surface area contributed by atoms with Gasteiger partial charge in [-0.05, 0) is 39.0 Å². The van der Waals surface area contributed by atoms with Crippen molar-refractivity contribution in [3.8, 4) is 0 Å². The summed E-state index contributed by atoms with van der Waals surface area (Å²) in [7, 11) is 0. The maximum absolute atomic E-state index is 12.4. The largest absolute Gasteiger partial charge is 0.481 e. The number of carboxylic acids is 1. The van der Waals surface area contributed by atoms with E-state index in [9.17, 15) is 9.59 Å². The zero-order valence-electron chi connectivity index (χ0n) is 14.4. The van der Waals surface area contributed by atoms with Crippen molar-refractivity contribution in [2.75, 3.05) is 6.54 Å². The first-order valence-electron chi connectivity index (χ1n) is 8.29. The van der Waals surface area contributed by atoms with Crippen LogP contribution in [0.25, 0.3) is 0 Å². The van der Waals surface area contributed by atoms with E-state index in [1.165, 1.54) is 0 Å². The average Bonchev–Trinajstić information content (AvgIpc) is 3.19. The first-order valence-corrected chi connectivity index (χ1v) is 8.29. The number of carboxylic acid groups (broad SMARTS) is 1. The second-order valence-electron chi connectivity index (χ2n) is 7.49. The van der Waals surface area contributed by atoms with Crippen LogP contribution < -0.4 is 5.32 Å². The summed E-state index contributed by atoms with van der Waals surface area (Å²) >= 11 is 0. The Morgan fingerprint density at radius 2 is 2.09 bits per heavy atom. The molecule has 2 rings (SSSR count). The molecule has 1 aromatic rings. The number of nitrogens with zero attached hydrogens (tertiary/aromatic N) is 2. The zero-order valence-corrected chi connectivity index (χ0v) is 14.4. The lowest BCUT2D eigenvalue weighted by Gasteiger charge is -2.19. The summed E-state index contributed by atoms with van der Waals surface area (Å²) in [5, 5.41) is 16.3. The van der Waals surface area contributed by atoms with E-state index in [0.717, 1.165) is 25.1 Å². The normalized spacial score (nSPS) is 15.0. The third kappa shape index (κ3) is 4.33. The molecule has 0 bridgehead atoms. The Morgan fingerprint density at radius 3 is 2.61 bits per heavy atom. The van der Waals surface area contributed by atoms with Crippen molar-refractivity contribution in [3.63, 3.8) is 0 Å². The molecule has 0 unspecified atom stereocenters. The summed E-state index contributed by atoms with van der Waals surface area (Å²) in [4.78, 5) is 23.5. The molecule has 6 nitrogen and oxygen atoms in total. The first kappa shape index (κ1) is 17.5. The van der Waals surface area contributed by atoms with E-state index in [1.807, 2.05) is 4.68 Å². The SMILES string of the molecule is CC(C)Cn1ncc(C(=O)NCCC(C)(C)C(=O)O)c1C1CC1. The summed E-state index contributed by atoms with van der Waals surface area (Å²) in [6, 6.07) is 0. The van der Waals surface area contributed by atoms with Gasteiger partial charge in [0.05, 0.1) is 22.9 Å². The van der Waals surface area contributed by atoms with E-state index in [0.29, 0.717) is 30.4 Å². The van der Waals surface area contributed by atoms with Crippen molar-refractivity contribution in [1.29, 1.82) is 0 Å². The maximum atomic E-state index is 12.4. The number of amides is 1. The highest BCUT2D eigenvalue weighted by molar-refractivity contribution is 5.95. The van der Waals surface area contributed by atoms with Gasteiger partial charge in [0.2, 0.25) is 0 Å². The van der Waals surface area contributed by atoms with Crippen LogP contribution in [0.4, 0.5) is 0 Å². The minimum absolute atomic E-state index is 0.150. The molecule has 1 aromatic heterocycles. The fourth-order valence-electron chi connectivity index (χ4n) is 2.54. The van der Waals surface area contributed by atoms with Crippen molar-refractivity contribution in [1.82, 2.24) is 15.1 Å². The van der Waals surface area contributed by atoms with Crippen LogP contribution in [0.1, 0.15) is 68.9 Å². The predicted molar refractivity (Wildman–Crippen MR) is 87.4 cm³/mol. The van der Waals surface area contributed by atoms with Crippen molar-refractivity contribution in [2.24, 2.45) is 11.3 Å². The molecule has 1 amide bonds. The molecule has 2 N–H and O–H groups in total. The van der Waals surface area contributed by atoms with Crippen LogP contribution >= 0.6 is 0 Å². The molecule has 0 spiro atoms. The summed E-state index contributed by atoms with van der Waals surface area (Å²) in [5.74, 6) is -0.0922. The second-order valence-corrected chi connectivity index (χ2v) is 7.49. The molecule has 1 aliphatic rings. The summed E-state index contributed by atoms with van der Waals surface area (Å²) in [6.45, 7) is 8.75. The molecular formula is C17H27N3O3. The van der Waals surface area contributed by atoms with Gasteiger partial charge in [-0.15, -0.1) is 0 Å². The van der Waals surface area contributed by atoms with Gasteiger partial charge in [0.1, 0.15) is 0 Å². The van der Waals surface area contributed by atoms with Crippen LogP contribution in [0.5, 0.6) is 0 Å². The lowest BCUT2D eigenvalue weighted by atomic mass is 9.90. The van der Waals surface area contributed by atoms with Gasteiger partial charge in [-0.1, -0.05) is 13.8 Å². The fourth-order valence-corrected chi connectivity index (χ4v) is 2.54. The third-order valence-corrected chi connectivity index (χ3v) is 4.24. The highest BCUT2D eigenvalue weighted by Gasteiger charge is 2.33. The van der Waals surface area contributed by atoms with Crippen molar-refractivity contribution in [2.45, 2.75) is 59.4 Å². The molecule has 0 aromatic carbocycles. The van der Waals surface area contributed by atoms with E-state index in [2.05, 4.69) is 24.3 Å². The maximum Gasteiger partial charge on any atom is 0.309 e. The zero-order chi connectivity index (χ0) is 17.2. The topological polar surface area (TPSA) is 84.2 Å². The lowest BCUT2D eigenvalue weighted by Crippen LogP contribution is -2.32. The van der Waals surface area contributed by atoms with E-state index >= 15 is 0 Å². The molecule has 6 heteroatoms. The standard InChI is InChI=1S/C17H27N3O3/c1-11(2)10-20-14(12-5-6-12)13(9-19-20)15(21)18-8-7-17(3,4)16(22)23/h9,11-12H,5-8,10H2,1-4H3,(H,18,21)(H,22,23). The number of aliphatic carboxylic acids is 1. The third-order valence-electron chi connectivity index (χ3n) is 4.24. The van der Waals surface area contributed by atoms with Crippen molar-refractivity contribution >= 4 is 11.9 Å². The second kappa shape index (κ2) is 6.72. The van der Waals surface area contributed by atoms with Crippen molar-refractivity contribution in [3.05, 3.63) is 17.5 Å². The average molecular weight is 321 g/mol. The molecule has 1 fully saturated rings. The van der Waals surface area contributed by atoms with Crippen LogP contribution in [-0.4, -0.2) is 33.3 Å². The van der Waals surface area contributed by atoms with Gasteiger partial charge >= 0.3 is 5.97 Å². The number of hydrogen-bond acceptors (Lipinski definition) is 3. The smallest absolute Gasteiger partial charge is 0.309 e. The Bertz CT molecular complexity index is 586. The Hall–Kier alpha value is -1.85.